The quantitative estimate of drug-likeness (QED) is 0.769. The van der Waals surface area contributed by atoms with Crippen molar-refractivity contribution in [2.75, 3.05) is 20.0 Å². The van der Waals surface area contributed by atoms with Gasteiger partial charge < -0.3 is 9.47 Å². The lowest BCUT2D eigenvalue weighted by Gasteiger charge is -2.23. The molecule has 28 heavy (non-hydrogen) atoms. The van der Waals surface area contributed by atoms with Crippen molar-refractivity contribution in [3.63, 3.8) is 0 Å². The molecule has 6 nitrogen and oxygen atoms in total. The number of hydrogen-bond acceptors (Lipinski definition) is 6. The van der Waals surface area contributed by atoms with E-state index >= 15 is 0 Å². The highest BCUT2D eigenvalue weighted by atomic mass is 32.2. The SMILES string of the molecule is COc1ccc(C2CC(c3ccc(F)cc3)=NN2C2=NC(=O)SC2)cc1OC. The molecule has 0 aliphatic carbocycles. The summed E-state index contributed by atoms with van der Waals surface area (Å²) >= 11 is 1.15. The smallest absolute Gasteiger partial charge is 0.307 e. The van der Waals surface area contributed by atoms with Gasteiger partial charge in [-0.05, 0) is 35.4 Å². The van der Waals surface area contributed by atoms with Gasteiger partial charge in [0, 0.05) is 6.42 Å². The van der Waals surface area contributed by atoms with E-state index < -0.39 is 0 Å². The Morgan fingerprint density at radius 2 is 1.86 bits per heavy atom. The molecule has 1 atom stereocenters. The molecule has 2 aromatic carbocycles. The van der Waals surface area contributed by atoms with Crippen molar-refractivity contribution in [3.05, 3.63) is 59.4 Å². The number of amides is 1. The molecule has 2 aliphatic heterocycles. The van der Waals surface area contributed by atoms with Crippen molar-refractivity contribution in [3.8, 4) is 11.5 Å². The van der Waals surface area contributed by atoms with Crippen LogP contribution in [-0.2, 0) is 0 Å². The second kappa shape index (κ2) is 7.63. The van der Waals surface area contributed by atoms with Gasteiger partial charge in [-0.2, -0.15) is 10.1 Å². The van der Waals surface area contributed by atoms with Crippen LogP contribution in [0.3, 0.4) is 0 Å². The Balaban J connectivity index is 1.72. The second-order valence-corrected chi connectivity index (χ2v) is 7.24. The zero-order valence-corrected chi connectivity index (χ0v) is 16.2. The van der Waals surface area contributed by atoms with Gasteiger partial charge in [-0.25, -0.2) is 9.40 Å². The van der Waals surface area contributed by atoms with Crippen molar-refractivity contribution in [1.82, 2.24) is 5.01 Å². The van der Waals surface area contributed by atoms with Gasteiger partial charge in [-0.1, -0.05) is 30.0 Å². The largest absolute Gasteiger partial charge is 0.493 e. The summed E-state index contributed by atoms with van der Waals surface area (Å²) in [6, 6.07) is 11.8. The highest BCUT2D eigenvalue weighted by molar-refractivity contribution is 8.14. The van der Waals surface area contributed by atoms with Crippen molar-refractivity contribution >= 4 is 28.5 Å². The van der Waals surface area contributed by atoms with E-state index in [0.29, 0.717) is 29.5 Å². The number of rotatable bonds is 4. The van der Waals surface area contributed by atoms with E-state index in [1.165, 1.54) is 12.1 Å². The topological polar surface area (TPSA) is 63.5 Å². The van der Waals surface area contributed by atoms with Crippen LogP contribution in [0, 0.1) is 5.82 Å². The van der Waals surface area contributed by atoms with Gasteiger partial charge in [-0.3, -0.25) is 4.79 Å². The molecule has 0 radical (unpaired) electrons. The van der Waals surface area contributed by atoms with Gasteiger partial charge in [0.05, 0.1) is 31.7 Å². The first-order valence-corrected chi connectivity index (χ1v) is 9.66. The van der Waals surface area contributed by atoms with Crippen LogP contribution in [0.2, 0.25) is 0 Å². The van der Waals surface area contributed by atoms with E-state index in [2.05, 4.69) is 4.99 Å². The van der Waals surface area contributed by atoms with Gasteiger partial charge in [0.15, 0.2) is 11.5 Å². The minimum atomic E-state index is -0.294. The Labute approximate surface area is 166 Å². The molecular formula is C20H18FN3O3S. The lowest BCUT2D eigenvalue weighted by Crippen LogP contribution is -2.27. The number of nitrogens with zero attached hydrogens (tertiary/aromatic N) is 3. The van der Waals surface area contributed by atoms with E-state index in [4.69, 9.17) is 14.6 Å². The Bertz CT molecular complexity index is 975. The number of ether oxygens (including phenoxy) is 2. The Morgan fingerprint density at radius 3 is 2.50 bits per heavy atom. The first-order valence-electron chi connectivity index (χ1n) is 8.68. The van der Waals surface area contributed by atoms with Crippen LogP contribution < -0.4 is 9.47 Å². The lowest BCUT2D eigenvalue weighted by atomic mass is 9.98. The second-order valence-electron chi connectivity index (χ2n) is 6.32. The monoisotopic (exact) mass is 399 g/mol. The number of carbonyl (C=O) groups is 1. The summed E-state index contributed by atoms with van der Waals surface area (Å²) in [4.78, 5) is 15.8. The Morgan fingerprint density at radius 1 is 1.11 bits per heavy atom. The van der Waals surface area contributed by atoms with E-state index in [9.17, 15) is 9.18 Å². The number of aliphatic imine (C=N–C) groups is 1. The van der Waals surface area contributed by atoms with Crippen LogP contribution in [0.15, 0.2) is 52.6 Å². The van der Waals surface area contributed by atoms with Crippen molar-refractivity contribution in [2.45, 2.75) is 12.5 Å². The number of thioether (sulfide) groups is 1. The van der Waals surface area contributed by atoms with Gasteiger partial charge >= 0.3 is 5.24 Å². The summed E-state index contributed by atoms with van der Waals surface area (Å²) in [5.74, 6) is 2.06. The first kappa shape index (κ1) is 18.5. The van der Waals surface area contributed by atoms with E-state index in [1.807, 2.05) is 18.2 Å². The number of methoxy groups -OCH3 is 2. The molecule has 0 fully saturated rings. The molecule has 0 aromatic heterocycles. The lowest BCUT2D eigenvalue weighted by molar-refractivity contribution is 0.267. The molecule has 0 spiro atoms. The number of hydrogen-bond donors (Lipinski definition) is 0. The third kappa shape index (κ3) is 3.47. The minimum absolute atomic E-state index is 0.148. The summed E-state index contributed by atoms with van der Waals surface area (Å²) in [6.45, 7) is 0. The summed E-state index contributed by atoms with van der Waals surface area (Å²) in [7, 11) is 3.18. The summed E-state index contributed by atoms with van der Waals surface area (Å²) in [5.41, 5.74) is 2.62. The maximum absolute atomic E-state index is 13.3. The highest BCUT2D eigenvalue weighted by Gasteiger charge is 2.34. The zero-order chi connectivity index (χ0) is 19.7. The number of carbonyl (C=O) groups excluding carboxylic acids is 1. The van der Waals surface area contributed by atoms with Crippen LogP contribution in [0.5, 0.6) is 11.5 Å². The average molecular weight is 399 g/mol. The van der Waals surface area contributed by atoms with Gasteiger partial charge in [0.25, 0.3) is 0 Å². The maximum atomic E-state index is 13.3. The third-order valence-electron chi connectivity index (χ3n) is 4.69. The van der Waals surface area contributed by atoms with Crippen LogP contribution in [0.25, 0.3) is 0 Å². The van der Waals surface area contributed by atoms with E-state index in [1.54, 1.807) is 31.4 Å². The van der Waals surface area contributed by atoms with Crippen LogP contribution in [0.4, 0.5) is 9.18 Å². The predicted octanol–water partition coefficient (Wildman–Crippen LogP) is 4.26. The molecule has 0 saturated carbocycles. The van der Waals surface area contributed by atoms with Crippen molar-refractivity contribution < 1.29 is 18.7 Å². The normalized spacial score (nSPS) is 18.9. The Hall–Kier alpha value is -2.87. The minimum Gasteiger partial charge on any atom is -0.493 e. The highest BCUT2D eigenvalue weighted by Crippen LogP contribution is 2.38. The fraction of sp³-hybridized carbons (Fsp3) is 0.250. The van der Waals surface area contributed by atoms with Crippen LogP contribution in [0.1, 0.15) is 23.6 Å². The zero-order valence-electron chi connectivity index (χ0n) is 15.4. The predicted molar refractivity (Wildman–Crippen MR) is 107 cm³/mol. The Kier molecular flexibility index (Phi) is 5.04. The number of halogens is 1. The summed E-state index contributed by atoms with van der Waals surface area (Å²) in [5, 5.41) is 6.29. The molecule has 1 amide bonds. The summed E-state index contributed by atoms with van der Waals surface area (Å²) < 4.78 is 24.0. The number of amidine groups is 1. The van der Waals surface area contributed by atoms with Gasteiger partial charge in [0.1, 0.15) is 11.7 Å². The average Bonchev–Trinajstić information content (AvgIpc) is 3.34. The van der Waals surface area contributed by atoms with E-state index in [-0.39, 0.29) is 17.1 Å². The molecule has 1 unspecified atom stereocenters. The maximum Gasteiger partial charge on any atom is 0.307 e. The fourth-order valence-corrected chi connectivity index (χ4v) is 3.92. The molecule has 8 heteroatoms. The molecule has 0 N–H and O–H groups in total. The molecule has 2 aliphatic rings. The third-order valence-corrected chi connectivity index (χ3v) is 5.43. The van der Waals surface area contributed by atoms with Crippen LogP contribution >= 0.6 is 11.8 Å². The molecule has 2 aromatic rings. The molecule has 0 bridgehead atoms. The number of benzene rings is 2. The van der Waals surface area contributed by atoms with Gasteiger partial charge in [0.2, 0.25) is 0 Å². The molecule has 144 valence electrons. The molecule has 0 saturated heterocycles. The molecule has 2 heterocycles. The molecule has 4 rings (SSSR count). The van der Waals surface area contributed by atoms with Gasteiger partial charge in [-0.15, -0.1) is 0 Å². The first-order chi connectivity index (χ1) is 13.6. The summed E-state index contributed by atoms with van der Waals surface area (Å²) in [6.07, 6.45) is 0.596. The fourth-order valence-electron chi connectivity index (χ4n) is 3.30. The van der Waals surface area contributed by atoms with Crippen molar-refractivity contribution in [2.24, 2.45) is 10.1 Å². The van der Waals surface area contributed by atoms with Crippen molar-refractivity contribution in [1.29, 1.82) is 0 Å². The van der Waals surface area contributed by atoms with E-state index in [0.717, 1.165) is 28.6 Å². The van der Waals surface area contributed by atoms with Crippen LogP contribution in [-0.4, -0.2) is 41.8 Å². The number of hydrazone groups is 1. The molecular weight excluding hydrogens is 381 g/mol. The standard InChI is InChI=1S/C20H18FN3O3S/c1-26-17-8-5-13(9-18(17)27-2)16-10-15(12-3-6-14(21)7-4-12)23-24(16)19-11-28-20(25)22-19/h3-9,16H,10-11H2,1-2H3.